The number of sulfonamides is 1. The van der Waals surface area contributed by atoms with Crippen LogP contribution in [0.1, 0.15) is 12.8 Å². The van der Waals surface area contributed by atoms with Crippen LogP contribution in [0.25, 0.3) is 0 Å². The monoisotopic (exact) mass is 331 g/mol. The minimum absolute atomic E-state index is 0.421. The summed E-state index contributed by atoms with van der Waals surface area (Å²) >= 11 is 6.62. The van der Waals surface area contributed by atoms with Gasteiger partial charge < -0.3 is 10.2 Å². The van der Waals surface area contributed by atoms with Crippen molar-refractivity contribution in [3.8, 4) is 0 Å². The Morgan fingerprint density at radius 3 is 2.55 bits per heavy atom. The first-order valence-electron chi connectivity index (χ1n) is 6.66. The third kappa shape index (κ3) is 2.98. The highest BCUT2D eigenvalue weighted by molar-refractivity contribution is 7.91. The predicted octanol–water partition coefficient (Wildman–Crippen LogP) is 1.09. The zero-order chi connectivity index (χ0) is 14.2. The molecular weight excluding hydrogens is 314 g/mol. The van der Waals surface area contributed by atoms with Crippen molar-refractivity contribution in [3.63, 3.8) is 0 Å². The predicted molar refractivity (Wildman–Crippen MR) is 83.4 cm³/mol. The largest absolute Gasteiger partial charge is 0.360 e. The fourth-order valence-corrected chi connectivity index (χ4v) is 5.08. The van der Waals surface area contributed by atoms with Gasteiger partial charge in [-0.1, -0.05) is 6.07 Å². The summed E-state index contributed by atoms with van der Waals surface area (Å²) in [5, 5.41) is 5.85. The topological polar surface area (TPSA) is 52.7 Å². The average Bonchev–Trinajstić information content (AvgIpc) is 3.08. The molecule has 0 bridgehead atoms. The Morgan fingerprint density at radius 1 is 1.30 bits per heavy atom. The molecule has 110 valence electrons. The minimum atomic E-state index is -3.32. The summed E-state index contributed by atoms with van der Waals surface area (Å²) in [5.74, 6) is 0. The van der Waals surface area contributed by atoms with E-state index in [1.165, 1.54) is 24.2 Å². The molecule has 0 unspecified atom stereocenters. The van der Waals surface area contributed by atoms with Crippen LogP contribution >= 0.6 is 23.6 Å². The molecule has 1 saturated heterocycles. The van der Waals surface area contributed by atoms with Crippen molar-refractivity contribution < 1.29 is 8.42 Å². The third-order valence-corrected chi connectivity index (χ3v) is 7.17. The van der Waals surface area contributed by atoms with Gasteiger partial charge in [-0.2, -0.15) is 4.31 Å². The highest BCUT2D eigenvalue weighted by Crippen LogP contribution is 2.23. The van der Waals surface area contributed by atoms with Gasteiger partial charge in [0, 0.05) is 32.2 Å². The standard InChI is InChI=1S/C12H17N3O2S3/c16-20(17,11-2-1-9-19-11)15-7-5-14(6-8-15)12(18)13-10-3-4-10/h1-2,9-10H,3-8H2,(H,13,18). The zero-order valence-corrected chi connectivity index (χ0v) is 13.4. The molecule has 1 saturated carbocycles. The van der Waals surface area contributed by atoms with E-state index < -0.39 is 10.0 Å². The van der Waals surface area contributed by atoms with Gasteiger partial charge in [-0.15, -0.1) is 11.3 Å². The first kappa shape index (κ1) is 14.2. The summed E-state index contributed by atoms with van der Waals surface area (Å²) in [6, 6.07) is 3.96. The van der Waals surface area contributed by atoms with Gasteiger partial charge in [0.2, 0.25) is 0 Å². The van der Waals surface area contributed by atoms with E-state index in [0.717, 1.165) is 5.11 Å². The molecule has 20 heavy (non-hydrogen) atoms. The first-order chi connectivity index (χ1) is 9.57. The number of nitrogens with one attached hydrogen (secondary N) is 1. The first-order valence-corrected chi connectivity index (χ1v) is 9.39. The molecule has 0 aromatic carbocycles. The summed E-state index contributed by atoms with van der Waals surface area (Å²) in [6.07, 6.45) is 2.37. The molecule has 1 N–H and O–H groups in total. The van der Waals surface area contributed by atoms with Gasteiger partial charge >= 0.3 is 0 Å². The quantitative estimate of drug-likeness (QED) is 0.841. The number of hydrogen-bond donors (Lipinski definition) is 1. The fraction of sp³-hybridized carbons (Fsp3) is 0.583. The van der Waals surface area contributed by atoms with Crippen LogP contribution in [0.2, 0.25) is 0 Å². The summed E-state index contributed by atoms with van der Waals surface area (Å²) in [4.78, 5) is 2.06. The number of nitrogens with zero attached hydrogens (tertiary/aromatic N) is 2. The highest BCUT2D eigenvalue weighted by Gasteiger charge is 2.31. The van der Waals surface area contributed by atoms with Crippen molar-refractivity contribution in [2.75, 3.05) is 26.2 Å². The Morgan fingerprint density at radius 2 is 2.00 bits per heavy atom. The van der Waals surface area contributed by atoms with E-state index in [1.807, 2.05) is 0 Å². The molecule has 1 aliphatic carbocycles. The SMILES string of the molecule is O=S(=O)(c1cccs1)N1CCN(C(=S)NC2CC2)CC1. The molecule has 2 aliphatic rings. The van der Waals surface area contributed by atoms with E-state index in [-0.39, 0.29) is 0 Å². The van der Waals surface area contributed by atoms with Crippen LogP contribution in [0.4, 0.5) is 0 Å². The molecule has 8 heteroatoms. The maximum atomic E-state index is 12.4. The molecule has 1 aliphatic heterocycles. The van der Waals surface area contributed by atoms with Gasteiger partial charge in [0.25, 0.3) is 10.0 Å². The number of rotatable bonds is 3. The number of thiocarbonyl (C=S) groups is 1. The van der Waals surface area contributed by atoms with Crippen molar-refractivity contribution >= 4 is 38.7 Å². The van der Waals surface area contributed by atoms with Crippen LogP contribution in [-0.4, -0.2) is 55.0 Å². The van der Waals surface area contributed by atoms with Crippen molar-refractivity contribution in [2.45, 2.75) is 23.1 Å². The summed E-state index contributed by atoms with van der Waals surface area (Å²) in [7, 11) is -3.32. The van der Waals surface area contributed by atoms with E-state index in [0.29, 0.717) is 36.4 Å². The minimum Gasteiger partial charge on any atom is -0.360 e. The molecule has 0 amide bonds. The molecule has 2 heterocycles. The van der Waals surface area contributed by atoms with Crippen LogP contribution in [0, 0.1) is 0 Å². The zero-order valence-electron chi connectivity index (χ0n) is 11.0. The van der Waals surface area contributed by atoms with Gasteiger partial charge in [0.15, 0.2) is 5.11 Å². The van der Waals surface area contributed by atoms with Crippen LogP contribution in [0.15, 0.2) is 21.7 Å². The molecule has 1 aromatic rings. The lowest BCUT2D eigenvalue weighted by molar-refractivity contribution is 0.264. The van der Waals surface area contributed by atoms with Gasteiger partial charge in [-0.05, 0) is 36.5 Å². The fourth-order valence-electron chi connectivity index (χ4n) is 2.16. The van der Waals surface area contributed by atoms with E-state index in [9.17, 15) is 8.42 Å². The molecule has 2 fully saturated rings. The molecule has 3 rings (SSSR count). The van der Waals surface area contributed by atoms with E-state index in [2.05, 4.69) is 10.2 Å². The van der Waals surface area contributed by atoms with E-state index in [4.69, 9.17) is 12.2 Å². The van der Waals surface area contributed by atoms with Crippen molar-refractivity contribution in [1.29, 1.82) is 0 Å². The smallest absolute Gasteiger partial charge is 0.252 e. The average molecular weight is 331 g/mol. The maximum absolute atomic E-state index is 12.4. The Kier molecular flexibility index (Phi) is 3.98. The Bertz CT molecular complexity index is 573. The number of thiophene rings is 1. The molecule has 5 nitrogen and oxygen atoms in total. The molecular formula is C12H17N3O2S3. The third-order valence-electron chi connectivity index (χ3n) is 3.52. The van der Waals surface area contributed by atoms with Crippen molar-refractivity contribution in [2.24, 2.45) is 0 Å². The Labute approximate surface area is 128 Å². The van der Waals surface area contributed by atoms with E-state index in [1.54, 1.807) is 21.8 Å². The summed E-state index contributed by atoms with van der Waals surface area (Å²) < 4.78 is 26.7. The van der Waals surface area contributed by atoms with Crippen LogP contribution in [0.3, 0.4) is 0 Å². The highest BCUT2D eigenvalue weighted by atomic mass is 32.2. The molecule has 0 spiro atoms. The van der Waals surface area contributed by atoms with Crippen LogP contribution in [0.5, 0.6) is 0 Å². The van der Waals surface area contributed by atoms with Gasteiger partial charge in [0.05, 0.1) is 0 Å². The second-order valence-corrected chi connectivity index (χ2v) is 8.55. The lowest BCUT2D eigenvalue weighted by Crippen LogP contribution is -2.53. The molecule has 0 radical (unpaired) electrons. The second-order valence-electron chi connectivity index (χ2n) is 5.05. The lowest BCUT2D eigenvalue weighted by atomic mass is 10.4. The van der Waals surface area contributed by atoms with Crippen LogP contribution < -0.4 is 5.32 Å². The Balaban J connectivity index is 1.59. The van der Waals surface area contributed by atoms with Gasteiger partial charge in [-0.3, -0.25) is 0 Å². The lowest BCUT2D eigenvalue weighted by Gasteiger charge is -2.35. The second kappa shape index (κ2) is 5.59. The van der Waals surface area contributed by atoms with Gasteiger partial charge in [-0.25, -0.2) is 8.42 Å². The number of hydrogen-bond acceptors (Lipinski definition) is 4. The number of piperazine rings is 1. The Hall–Kier alpha value is -0.700. The van der Waals surface area contributed by atoms with E-state index >= 15 is 0 Å². The van der Waals surface area contributed by atoms with Crippen LogP contribution in [-0.2, 0) is 10.0 Å². The molecule has 0 atom stereocenters. The van der Waals surface area contributed by atoms with Gasteiger partial charge in [0.1, 0.15) is 4.21 Å². The van der Waals surface area contributed by atoms with Crippen molar-refractivity contribution in [3.05, 3.63) is 17.5 Å². The summed E-state index contributed by atoms with van der Waals surface area (Å²) in [6.45, 7) is 2.30. The van der Waals surface area contributed by atoms with Crippen molar-refractivity contribution in [1.82, 2.24) is 14.5 Å². The summed E-state index contributed by atoms with van der Waals surface area (Å²) in [5.41, 5.74) is 0. The normalized spacial score (nSPS) is 20.9. The maximum Gasteiger partial charge on any atom is 0.252 e. The molecule has 1 aromatic heterocycles.